The maximum atomic E-state index is 11.7. The summed E-state index contributed by atoms with van der Waals surface area (Å²) in [6.45, 7) is 2.19. The van der Waals surface area contributed by atoms with E-state index in [1.54, 1.807) is 24.3 Å². The van der Waals surface area contributed by atoms with Gasteiger partial charge in [-0.15, -0.1) is 0 Å². The fourth-order valence-corrected chi connectivity index (χ4v) is 2.55. The molecule has 0 heterocycles. The lowest BCUT2D eigenvalue weighted by molar-refractivity contribution is -0.115. The van der Waals surface area contributed by atoms with Crippen molar-refractivity contribution < 1.29 is 4.79 Å². The molecule has 3 nitrogen and oxygen atoms in total. The lowest BCUT2D eigenvalue weighted by Crippen LogP contribution is -2.12. The fourth-order valence-electron chi connectivity index (χ4n) is 1.61. The lowest BCUT2D eigenvalue weighted by Gasteiger charge is -2.05. The number of rotatable bonds is 8. The van der Waals surface area contributed by atoms with Crippen LogP contribution in [0.3, 0.4) is 0 Å². The quantitative estimate of drug-likeness (QED) is 0.734. The molecule has 0 spiro atoms. The topological polar surface area (TPSA) is 52.9 Å². The van der Waals surface area contributed by atoms with Crippen LogP contribution in [0.15, 0.2) is 24.3 Å². The van der Waals surface area contributed by atoms with Crippen molar-refractivity contribution in [1.29, 1.82) is 5.26 Å². The van der Waals surface area contributed by atoms with Gasteiger partial charge >= 0.3 is 0 Å². The molecule has 0 saturated heterocycles. The van der Waals surface area contributed by atoms with E-state index in [1.807, 2.05) is 11.8 Å². The molecule has 0 bridgehead atoms. The molecule has 0 aliphatic carbocycles. The first-order valence-corrected chi connectivity index (χ1v) is 7.79. The van der Waals surface area contributed by atoms with Crippen LogP contribution in [0.1, 0.15) is 38.2 Å². The molecule has 1 aromatic rings. The fraction of sp³-hybridized carbons (Fsp3) is 0.467. The van der Waals surface area contributed by atoms with Crippen LogP contribution < -0.4 is 5.32 Å². The number of carbonyl (C=O) groups is 1. The molecular weight excluding hydrogens is 256 g/mol. The molecule has 0 atom stereocenters. The second-order valence-electron chi connectivity index (χ2n) is 4.31. The SMILES string of the molecule is CCCCCSCCC(=O)Nc1cccc(C#N)c1. The Balaban J connectivity index is 2.22. The maximum absolute atomic E-state index is 11.7. The third kappa shape index (κ3) is 6.88. The van der Waals surface area contributed by atoms with Gasteiger partial charge in [-0.3, -0.25) is 4.79 Å². The van der Waals surface area contributed by atoms with Gasteiger partial charge in [0.05, 0.1) is 11.6 Å². The Morgan fingerprint density at radius 2 is 2.21 bits per heavy atom. The lowest BCUT2D eigenvalue weighted by atomic mass is 10.2. The summed E-state index contributed by atoms with van der Waals surface area (Å²) in [5.41, 5.74) is 1.26. The zero-order chi connectivity index (χ0) is 13.9. The van der Waals surface area contributed by atoms with Gasteiger partial charge in [0.25, 0.3) is 0 Å². The molecule has 0 fully saturated rings. The smallest absolute Gasteiger partial charge is 0.225 e. The third-order valence-electron chi connectivity index (χ3n) is 2.64. The van der Waals surface area contributed by atoms with Gasteiger partial charge in [0.1, 0.15) is 0 Å². The number of hydrogen-bond donors (Lipinski definition) is 1. The Bertz CT molecular complexity index is 440. The standard InChI is InChI=1S/C15H20N2OS/c1-2-3-4-9-19-10-8-15(18)17-14-7-5-6-13(11-14)12-16/h5-7,11H,2-4,8-10H2,1H3,(H,17,18). The van der Waals surface area contributed by atoms with Crippen molar-refractivity contribution in [2.45, 2.75) is 32.6 Å². The average Bonchev–Trinajstić information content (AvgIpc) is 2.43. The van der Waals surface area contributed by atoms with E-state index in [4.69, 9.17) is 5.26 Å². The molecule has 0 unspecified atom stereocenters. The van der Waals surface area contributed by atoms with Crippen LogP contribution in [0.2, 0.25) is 0 Å². The Labute approximate surface area is 119 Å². The molecule has 1 rings (SSSR count). The van der Waals surface area contributed by atoms with Gasteiger partial charge in [-0.1, -0.05) is 25.8 Å². The van der Waals surface area contributed by atoms with Crippen molar-refractivity contribution >= 4 is 23.4 Å². The zero-order valence-electron chi connectivity index (χ0n) is 11.3. The van der Waals surface area contributed by atoms with Gasteiger partial charge in [-0.05, 0) is 30.4 Å². The molecule has 1 N–H and O–H groups in total. The molecule has 1 amide bonds. The van der Waals surface area contributed by atoms with Crippen molar-refractivity contribution in [3.63, 3.8) is 0 Å². The minimum atomic E-state index is 0.0121. The minimum absolute atomic E-state index is 0.0121. The summed E-state index contributed by atoms with van der Waals surface area (Å²) in [7, 11) is 0. The molecule has 4 heteroatoms. The summed E-state index contributed by atoms with van der Waals surface area (Å²) in [4.78, 5) is 11.7. The highest BCUT2D eigenvalue weighted by Crippen LogP contribution is 2.12. The number of nitriles is 1. The van der Waals surface area contributed by atoms with E-state index in [1.165, 1.54) is 19.3 Å². The zero-order valence-corrected chi connectivity index (χ0v) is 12.1. The first kappa shape index (κ1) is 15.6. The molecule has 1 aromatic carbocycles. The Hall–Kier alpha value is -1.47. The van der Waals surface area contributed by atoms with Crippen LogP contribution in [-0.2, 0) is 4.79 Å². The van der Waals surface area contributed by atoms with Crippen molar-refractivity contribution in [2.24, 2.45) is 0 Å². The number of benzene rings is 1. The average molecular weight is 276 g/mol. The highest BCUT2D eigenvalue weighted by Gasteiger charge is 2.03. The van der Waals surface area contributed by atoms with E-state index in [-0.39, 0.29) is 5.91 Å². The minimum Gasteiger partial charge on any atom is -0.326 e. The van der Waals surface area contributed by atoms with Crippen LogP contribution >= 0.6 is 11.8 Å². The third-order valence-corrected chi connectivity index (χ3v) is 3.71. The predicted molar refractivity (Wildman–Crippen MR) is 81.3 cm³/mol. The molecule has 0 radical (unpaired) electrons. The molecule has 0 saturated carbocycles. The van der Waals surface area contributed by atoms with Crippen LogP contribution in [0.5, 0.6) is 0 Å². The van der Waals surface area contributed by atoms with E-state index >= 15 is 0 Å². The summed E-state index contributed by atoms with van der Waals surface area (Å²) in [6.07, 6.45) is 4.25. The molecule has 0 aliphatic heterocycles. The van der Waals surface area contributed by atoms with Crippen LogP contribution in [0.4, 0.5) is 5.69 Å². The number of amides is 1. The number of nitrogens with zero attached hydrogens (tertiary/aromatic N) is 1. The number of thioether (sulfide) groups is 1. The number of anilines is 1. The van der Waals surface area contributed by atoms with Crippen molar-refractivity contribution in [2.75, 3.05) is 16.8 Å². The summed E-state index contributed by atoms with van der Waals surface area (Å²) in [6, 6.07) is 9.04. The van der Waals surface area contributed by atoms with Gasteiger partial charge in [0.15, 0.2) is 0 Å². The number of carbonyl (C=O) groups excluding carboxylic acids is 1. The summed E-state index contributed by atoms with van der Waals surface area (Å²) < 4.78 is 0. The summed E-state index contributed by atoms with van der Waals surface area (Å²) >= 11 is 1.83. The molecule has 19 heavy (non-hydrogen) atoms. The summed E-state index contributed by atoms with van der Waals surface area (Å²) in [5.74, 6) is 2.00. The summed E-state index contributed by atoms with van der Waals surface area (Å²) in [5, 5.41) is 11.6. The first-order chi connectivity index (χ1) is 9.26. The van der Waals surface area contributed by atoms with E-state index in [0.717, 1.165) is 11.5 Å². The second kappa shape index (κ2) is 9.46. The van der Waals surface area contributed by atoms with Gasteiger partial charge < -0.3 is 5.32 Å². The van der Waals surface area contributed by atoms with Crippen molar-refractivity contribution in [1.82, 2.24) is 0 Å². The Morgan fingerprint density at radius 1 is 1.37 bits per heavy atom. The van der Waals surface area contributed by atoms with E-state index in [0.29, 0.717) is 17.7 Å². The van der Waals surface area contributed by atoms with Crippen molar-refractivity contribution in [3.05, 3.63) is 29.8 Å². The van der Waals surface area contributed by atoms with Gasteiger partial charge in [0, 0.05) is 17.9 Å². The van der Waals surface area contributed by atoms with Gasteiger partial charge in [-0.25, -0.2) is 0 Å². The van der Waals surface area contributed by atoms with Gasteiger partial charge in [0.2, 0.25) is 5.91 Å². The molecule has 0 aromatic heterocycles. The maximum Gasteiger partial charge on any atom is 0.225 e. The van der Waals surface area contributed by atoms with Gasteiger partial charge in [-0.2, -0.15) is 17.0 Å². The second-order valence-corrected chi connectivity index (χ2v) is 5.54. The predicted octanol–water partition coefficient (Wildman–Crippen LogP) is 3.81. The number of nitrogens with one attached hydrogen (secondary N) is 1. The van der Waals surface area contributed by atoms with Crippen LogP contribution in [0, 0.1) is 11.3 Å². The Morgan fingerprint density at radius 3 is 2.95 bits per heavy atom. The van der Waals surface area contributed by atoms with E-state index in [9.17, 15) is 4.79 Å². The van der Waals surface area contributed by atoms with E-state index < -0.39 is 0 Å². The monoisotopic (exact) mass is 276 g/mol. The first-order valence-electron chi connectivity index (χ1n) is 6.64. The molecular formula is C15H20N2OS. The van der Waals surface area contributed by atoms with E-state index in [2.05, 4.69) is 18.3 Å². The Kier molecular flexibility index (Phi) is 7.76. The number of hydrogen-bond acceptors (Lipinski definition) is 3. The normalized spacial score (nSPS) is 9.89. The molecule has 0 aliphatic rings. The van der Waals surface area contributed by atoms with Crippen LogP contribution in [0.25, 0.3) is 0 Å². The highest BCUT2D eigenvalue weighted by atomic mass is 32.2. The largest absolute Gasteiger partial charge is 0.326 e. The molecule has 102 valence electrons. The number of unbranched alkanes of at least 4 members (excludes halogenated alkanes) is 2. The highest BCUT2D eigenvalue weighted by molar-refractivity contribution is 7.99. The van der Waals surface area contributed by atoms with Crippen molar-refractivity contribution in [3.8, 4) is 6.07 Å². The van der Waals surface area contributed by atoms with Crippen LogP contribution in [-0.4, -0.2) is 17.4 Å².